The summed E-state index contributed by atoms with van der Waals surface area (Å²) in [5, 5.41) is 7.31. The van der Waals surface area contributed by atoms with E-state index in [9.17, 15) is 4.79 Å². The summed E-state index contributed by atoms with van der Waals surface area (Å²) in [4.78, 5) is 12.0. The number of amides is 1. The van der Waals surface area contributed by atoms with E-state index in [0.717, 1.165) is 5.56 Å². The second-order valence-corrected chi connectivity index (χ2v) is 4.46. The third kappa shape index (κ3) is 2.46. The molecule has 94 valence electrons. The van der Waals surface area contributed by atoms with E-state index in [1.54, 1.807) is 25.4 Å². The third-order valence-electron chi connectivity index (χ3n) is 2.52. The molecule has 18 heavy (non-hydrogen) atoms. The van der Waals surface area contributed by atoms with E-state index in [1.165, 1.54) is 4.68 Å². The van der Waals surface area contributed by atoms with Gasteiger partial charge in [-0.15, -0.1) is 0 Å². The summed E-state index contributed by atoms with van der Waals surface area (Å²) in [7, 11) is 1.71. The first-order valence-corrected chi connectivity index (χ1v) is 5.72. The number of aryl methyl sites for hydroxylation is 2. The topological polar surface area (TPSA) is 72.9 Å². The van der Waals surface area contributed by atoms with Crippen LogP contribution in [0, 0.1) is 6.92 Å². The number of anilines is 2. The van der Waals surface area contributed by atoms with Gasteiger partial charge in [0.1, 0.15) is 0 Å². The van der Waals surface area contributed by atoms with E-state index < -0.39 is 0 Å². The molecule has 0 radical (unpaired) electrons. The fraction of sp³-hybridized carbons (Fsp3) is 0.167. The molecular formula is C12H13ClN4O. The van der Waals surface area contributed by atoms with Gasteiger partial charge in [-0.25, -0.2) is 0 Å². The molecule has 1 amide bonds. The van der Waals surface area contributed by atoms with Crippen LogP contribution in [0.2, 0.25) is 5.02 Å². The number of aromatic nitrogens is 2. The Hall–Kier alpha value is -2.01. The Labute approximate surface area is 110 Å². The van der Waals surface area contributed by atoms with Crippen LogP contribution >= 0.6 is 11.6 Å². The maximum Gasteiger partial charge on any atom is 0.278 e. The Morgan fingerprint density at radius 3 is 2.83 bits per heavy atom. The average Bonchev–Trinajstić information content (AvgIpc) is 2.63. The Balaban J connectivity index is 2.26. The van der Waals surface area contributed by atoms with E-state index in [0.29, 0.717) is 16.4 Å². The molecule has 5 nitrogen and oxygen atoms in total. The van der Waals surface area contributed by atoms with Gasteiger partial charge >= 0.3 is 0 Å². The van der Waals surface area contributed by atoms with Crippen LogP contribution in [0.4, 0.5) is 11.4 Å². The minimum atomic E-state index is -0.349. The molecule has 0 bridgehead atoms. The fourth-order valence-corrected chi connectivity index (χ4v) is 1.77. The average molecular weight is 265 g/mol. The van der Waals surface area contributed by atoms with Gasteiger partial charge in [0.2, 0.25) is 0 Å². The van der Waals surface area contributed by atoms with Gasteiger partial charge in [-0.3, -0.25) is 9.48 Å². The maximum atomic E-state index is 12.0. The lowest BCUT2D eigenvalue weighted by Gasteiger charge is -2.07. The summed E-state index contributed by atoms with van der Waals surface area (Å²) in [6, 6.07) is 5.29. The number of hydrogen-bond donors (Lipinski definition) is 2. The van der Waals surface area contributed by atoms with Crippen molar-refractivity contribution in [1.82, 2.24) is 9.78 Å². The van der Waals surface area contributed by atoms with Crippen LogP contribution in [0.15, 0.2) is 24.4 Å². The molecule has 1 heterocycles. The first-order chi connectivity index (χ1) is 8.47. The molecule has 0 saturated carbocycles. The molecule has 2 aromatic rings. The Morgan fingerprint density at radius 1 is 1.50 bits per heavy atom. The maximum absolute atomic E-state index is 12.0. The predicted octanol–water partition coefficient (Wildman–Crippen LogP) is 2.22. The number of nitrogens with zero attached hydrogens (tertiary/aromatic N) is 2. The Kier molecular flexibility index (Phi) is 3.25. The van der Waals surface area contributed by atoms with Crippen molar-refractivity contribution in [2.45, 2.75) is 6.92 Å². The van der Waals surface area contributed by atoms with Crippen LogP contribution in [0.1, 0.15) is 16.1 Å². The quantitative estimate of drug-likeness (QED) is 0.873. The minimum absolute atomic E-state index is 0.205. The normalized spacial score (nSPS) is 10.4. The van der Waals surface area contributed by atoms with Gasteiger partial charge in [0.15, 0.2) is 5.69 Å². The number of nitrogen functional groups attached to an aromatic ring is 1. The van der Waals surface area contributed by atoms with Crippen molar-refractivity contribution in [3.8, 4) is 0 Å². The Bertz CT molecular complexity index is 606. The van der Waals surface area contributed by atoms with E-state index in [1.807, 2.05) is 13.0 Å². The number of rotatable bonds is 2. The highest BCUT2D eigenvalue weighted by Gasteiger charge is 2.15. The molecular weight excluding hydrogens is 252 g/mol. The molecule has 0 aliphatic rings. The molecule has 0 saturated heterocycles. The van der Waals surface area contributed by atoms with Crippen molar-refractivity contribution in [3.05, 3.63) is 40.7 Å². The van der Waals surface area contributed by atoms with Crippen molar-refractivity contribution in [3.63, 3.8) is 0 Å². The molecule has 0 aliphatic heterocycles. The Morgan fingerprint density at radius 2 is 2.22 bits per heavy atom. The highest BCUT2D eigenvalue weighted by Crippen LogP contribution is 2.21. The molecule has 0 aliphatic carbocycles. The summed E-state index contributed by atoms with van der Waals surface area (Å²) in [6.45, 7) is 1.88. The van der Waals surface area contributed by atoms with E-state index >= 15 is 0 Å². The summed E-state index contributed by atoms with van der Waals surface area (Å²) in [6.07, 6.45) is 1.58. The summed E-state index contributed by atoms with van der Waals surface area (Å²) in [5.74, 6) is -0.349. The summed E-state index contributed by atoms with van der Waals surface area (Å²) in [5.41, 5.74) is 7.81. The minimum Gasteiger partial charge on any atom is -0.396 e. The smallest absolute Gasteiger partial charge is 0.278 e. The van der Waals surface area contributed by atoms with Crippen LogP contribution < -0.4 is 11.1 Å². The zero-order valence-electron chi connectivity index (χ0n) is 10.1. The molecule has 0 fully saturated rings. The first kappa shape index (κ1) is 12.4. The molecule has 0 spiro atoms. The van der Waals surface area contributed by atoms with Gasteiger partial charge in [-0.1, -0.05) is 17.7 Å². The van der Waals surface area contributed by atoms with E-state index in [-0.39, 0.29) is 11.6 Å². The van der Waals surface area contributed by atoms with Crippen molar-refractivity contribution < 1.29 is 4.79 Å². The number of carbonyl (C=O) groups excluding carboxylic acids is 1. The van der Waals surface area contributed by atoms with Gasteiger partial charge in [-0.05, 0) is 24.6 Å². The molecule has 1 aromatic heterocycles. The lowest BCUT2D eigenvalue weighted by Crippen LogP contribution is -2.15. The lowest BCUT2D eigenvalue weighted by atomic mass is 10.2. The van der Waals surface area contributed by atoms with Gasteiger partial charge in [-0.2, -0.15) is 5.10 Å². The zero-order chi connectivity index (χ0) is 13.3. The number of halogens is 1. The number of nitrogens with two attached hydrogens (primary N) is 1. The van der Waals surface area contributed by atoms with Crippen LogP contribution in [0.3, 0.4) is 0 Å². The molecule has 6 heteroatoms. The van der Waals surface area contributed by atoms with Crippen LogP contribution in [-0.4, -0.2) is 15.7 Å². The second-order valence-electron chi connectivity index (χ2n) is 4.02. The van der Waals surface area contributed by atoms with E-state index in [4.69, 9.17) is 17.3 Å². The molecule has 3 N–H and O–H groups in total. The molecule has 0 atom stereocenters. The fourth-order valence-electron chi connectivity index (χ4n) is 1.59. The predicted molar refractivity (Wildman–Crippen MR) is 71.8 cm³/mol. The summed E-state index contributed by atoms with van der Waals surface area (Å²) >= 11 is 5.89. The number of carbonyl (C=O) groups is 1. The second kappa shape index (κ2) is 4.70. The van der Waals surface area contributed by atoms with Crippen molar-refractivity contribution in [2.75, 3.05) is 11.1 Å². The van der Waals surface area contributed by atoms with Crippen molar-refractivity contribution >= 4 is 28.9 Å². The SMILES string of the molecule is Cc1ccc(Cl)cc1NC(=O)c1nn(C)cc1N. The molecule has 1 aromatic carbocycles. The van der Waals surface area contributed by atoms with Gasteiger partial charge < -0.3 is 11.1 Å². The lowest BCUT2D eigenvalue weighted by molar-refractivity contribution is 0.102. The standard InChI is InChI=1S/C12H13ClN4O/c1-7-3-4-8(13)5-10(7)15-12(18)11-9(14)6-17(2)16-11/h3-6H,14H2,1-2H3,(H,15,18). The summed E-state index contributed by atoms with van der Waals surface area (Å²) < 4.78 is 1.50. The number of nitrogens with one attached hydrogen (secondary N) is 1. The van der Waals surface area contributed by atoms with Gasteiger partial charge in [0.25, 0.3) is 5.91 Å². The van der Waals surface area contributed by atoms with Gasteiger partial charge in [0.05, 0.1) is 5.69 Å². The van der Waals surface area contributed by atoms with Crippen molar-refractivity contribution in [2.24, 2.45) is 7.05 Å². The third-order valence-corrected chi connectivity index (χ3v) is 2.76. The van der Waals surface area contributed by atoms with Crippen molar-refractivity contribution in [1.29, 1.82) is 0 Å². The first-order valence-electron chi connectivity index (χ1n) is 5.34. The van der Waals surface area contributed by atoms with Crippen LogP contribution in [-0.2, 0) is 7.05 Å². The van der Waals surface area contributed by atoms with Crippen LogP contribution in [0.5, 0.6) is 0 Å². The highest BCUT2D eigenvalue weighted by molar-refractivity contribution is 6.31. The van der Waals surface area contributed by atoms with E-state index in [2.05, 4.69) is 10.4 Å². The number of benzene rings is 1. The highest BCUT2D eigenvalue weighted by atomic mass is 35.5. The zero-order valence-corrected chi connectivity index (χ0v) is 10.8. The largest absolute Gasteiger partial charge is 0.396 e. The monoisotopic (exact) mass is 264 g/mol. The number of hydrogen-bond acceptors (Lipinski definition) is 3. The van der Waals surface area contributed by atoms with Gasteiger partial charge in [0, 0.05) is 24.0 Å². The molecule has 2 rings (SSSR count). The van der Waals surface area contributed by atoms with Crippen LogP contribution in [0.25, 0.3) is 0 Å². The molecule has 0 unspecified atom stereocenters.